The van der Waals surface area contributed by atoms with Crippen molar-refractivity contribution in [3.63, 3.8) is 0 Å². The van der Waals surface area contributed by atoms with E-state index in [2.05, 4.69) is 22.2 Å². The lowest BCUT2D eigenvalue weighted by Gasteiger charge is -2.20. The molecule has 0 radical (unpaired) electrons. The fraction of sp³-hybridized carbons (Fsp3) is 0.733. The Labute approximate surface area is 130 Å². The fourth-order valence-corrected chi connectivity index (χ4v) is 3.39. The number of likely N-dealkylation sites (tertiary alicyclic amines) is 1. The van der Waals surface area contributed by atoms with Gasteiger partial charge in [-0.3, -0.25) is 4.79 Å². The van der Waals surface area contributed by atoms with Crippen LogP contribution in [0.15, 0.2) is 5.38 Å². The molecule has 1 aromatic rings. The summed E-state index contributed by atoms with van der Waals surface area (Å²) in [5, 5.41) is 6.21. The number of thiazole rings is 1. The third-order valence-corrected chi connectivity index (χ3v) is 4.89. The van der Waals surface area contributed by atoms with Crippen molar-refractivity contribution in [2.45, 2.75) is 45.1 Å². The molecule has 21 heavy (non-hydrogen) atoms. The molecule has 1 aliphatic rings. The number of hydrogen-bond donors (Lipinski definition) is 1. The SMILES string of the molecule is CCOC(=O)C(C)(C)c1csc(NCC2CCCN2C)n1. The van der Waals surface area contributed by atoms with E-state index in [1.54, 1.807) is 11.3 Å². The zero-order valence-corrected chi connectivity index (χ0v) is 14.1. The topological polar surface area (TPSA) is 54.5 Å². The number of rotatable bonds is 6. The van der Waals surface area contributed by atoms with E-state index in [0.29, 0.717) is 12.6 Å². The molecule has 1 fully saturated rings. The van der Waals surface area contributed by atoms with Crippen molar-refractivity contribution in [1.82, 2.24) is 9.88 Å². The van der Waals surface area contributed by atoms with Crippen LogP contribution in [-0.2, 0) is 14.9 Å². The molecule has 6 heteroatoms. The van der Waals surface area contributed by atoms with Crippen LogP contribution in [0.1, 0.15) is 39.3 Å². The van der Waals surface area contributed by atoms with Crippen molar-refractivity contribution >= 4 is 22.4 Å². The Morgan fingerprint density at radius 2 is 2.38 bits per heavy atom. The molecule has 1 N–H and O–H groups in total. The van der Waals surface area contributed by atoms with Gasteiger partial charge in [-0.25, -0.2) is 4.98 Å². The first kappa shape index (κ1) is 16.2. The van der Waals surface area contributed by atoms with Crippen LogP contribution in [0.4, 0.5) is 5.13 Å². The largest absolute Gasteiger partial charge is 0.465 e. The third-order valence-electron chi connectivity index (χ3n) is 4.09. The van der Waals surface area contributed by atoms with E-state index < -0.39 is 5.41 Å². The molecule has 1 saturated heterocycles. The molecule has 2 heterocycles. The molecule has 0 spiro atoms. The van der Waals surface area contributed by atoms with Crippen LogP contribution in [0.2, 0.25) is 0 Å². The summed E-state index contributed by atoms with van der Waals surface area (Å²) in [5.74, 6) is -0.225. The molecule has 1 atom stereocenters. The highest BCUT2D eigenvalue weighted by atomic mass is 32.1. The van der Waals surface area contributed by atoms with Gasteiger partial charge in [-0.05, 0) is 47.2 Å². The van der Waals surface area contributed by atoms with Gasteiger partial charge in [0.2, 0.25) is 0 Å². The predicted octanol–water partition coefficient (Wildman–Crippen LogP) is 2.49. The third kappa shape index (κ3) is 3.74. The van der Waals surface area contributed by atoms with Crippen LogP contribution in [0.25, 0.3) is 0 Å². The quantitative estimate of drug-likeness (QED) is 0.818. The van der Waals surface area contributed by atoms with E-state index in [1.165, 1.54) is 19.4 Å². The second-order valence-electron chi connectivity index (χ2n) is 6.04. The molecule has 118 valence electrons. The maximum Gasteiger partial charge on any atom is 0.317 e. The van der Waals surface area contributed by atoms with Crippen molar-refractivity contribution in [3.05, 3.63) is 11.1 Å². The van der Waals surface area contributed by atoms with Gasteiger partial charge in [-0.1, -0.05) is 0 Å². The molecule has 0 saturated carbocycles. The van der Waals surface area contributed by atoms with E-state index in [9.17, 15) is 4.79 Å². The van der Waals surface area contributed by atoms with Crippen LogP contribution in [-0.4, -0.2) is 48.6 Å². The minimum atomic E-state index is -0.698. The maximum absolute atomic E-state index is 12.0. The smallest absolute Gasteiger partial charge is 0.317 e. The molecule has 1 unspecified atom stereocenters. The number of ether oxygens (including phenoxy) is 1. The van der Waals surface area contributed by atoms with Crippen LogP contribution in [0.3, 0.4) is 0 Å². The van der Waals surface area contributed by atoms with E-state index in [1.807, 2.05) is 26.2 Å². The van der Waals surface area contributed by atoms with Crippen LogP contribution in [0.5, 0.6) is 0 Å². The number of likely N-dealkylation sites (N-methyl/N-ethyl adjacent to an activating group) is 1. The first-order chi connectivity index (χ1) is 9.95. The first-order valence-corrected chi connectivity index (χ1v) is 8.40. The number of hydrogen-bond acceptors (Lipinski definition) is 6. The maximum atomic E-state index is 12.0. The van der Waals surface area contributed by atoms with Gasteiger partial charge in [0.1, 0.15) is 5.41 Å². The first-order valence-electron chi connectivity index (χ1n) is 7.52. The molecular weight excluding hydrogens is 286 g/mol. The zero-order chi connectivity index (χ0) is 15.5. The van der Waals surface area contributed by atoms with Gasteiger partial charge in [0.15, 0.2) is 5.13 Å². The predicted molar refractivity (Wildman–Crippen MR) is 85.9 cm³/mol. The summed E-state index contributed by atoms with van der Waals surface area (Å²) < 4.78 is 5.12. The minimum Gasteiger partial charge on any atom is -0.465 e. The monoisotopic (exact) mass is 311 g/mol. The molecular formula is C15H25N3O2S. The van der Waals surface area contributed by atoms with Crippen molar-refractivity contribution < 1.29 is 9.53 Å². The van der Waals surface area contributed by atoms with Crippen molar-refractivity contribution in [2.75, 3.05) is 32.1 Å². The average Bonchev–Trinajstić information content (AvgIpc) is 3.06. The average molecular weight is 311 g/mol. The van der Waals surface area contributed by atoms with E-state index >= 15 is 0 Å². The summed E-state index contributed by atoms with van der Waals surface area (Å²) in [6, 6.07) is 0.579. The van der Waals surface area contributed by atoms with Gasteiger partial charge in [0.25, 0.3) is 0 Å². The van der Waals surface area contributed by atoms with E-state index in [4.69, 9.17) is 4.74 Å². The van der Waals surface area contributed by atoms with Gasteiger partial charge in [0, 0.05) is 18.0 Å². The van der Waals surface area contributed by atoms with Gasteiger partial charge >= 0.3 is 5.97 Å². The lowest BCUT2D eigenvalue weighted by molar-refractivity contribution is -0.148. The molecule has 0 aromatic carbocycles. The molecule has 0 aliphatic carbocycles. The van der Waals surface area contributed by atoms with Crippen molar-refractivity contribution in [1.29, 1.82) is 0 Å². The molecule has 1 aromatic heterocycles. The van der Waals surface area contributed by atoms with Gasteiger partial charge in [-0.15, -0.1) is 11.3 Å². The number of anilines is 1. The Bertz CT molecular complexity index is 487. The van der Waals surface area contributed by atoms with Crippen molar-refractivity contribution in [2.24, 2.45) is 0 Å². The Morgan fingerprint density at radius 3 is 3.00 bits per heavy atom. The Morgan fingerprint density at radius 1 is 1.62 bits per heavy atom. The van der Waals surface area contributed by atoms with Crippen LogP contribution >= 0.6 is 11.3 Å². The lowest BCUT2D eigenvalue weighted by atomic mass is 9.90. The molecule has 2 rings (SSSR count). The van der Waals surface area contributed by atoms with Crippen molar-refractivity contribution in [3.8, 4) is 0 Å². The number of nitrogens with one attached hydrogen (secondary N) is 1. The summed E-state index contributed by atoms with van der Waals surface area (Å²) in [4.78, 5) is 18.9. The number of esters is 1. The summed E-state index contributed by atoms with van der Waals surface area (Å²) in [5.41, 5.74) is 0.0737. The van der Waals surface area contributed by atoms with E-state index in [0.717, 1.165) is 17.4 Å². The zero-order valence-electron chi connectivity index (χ0n) is 13.3. The Hall–Kier alpha value is -1.14. The van der Waals surface area contributed by atoms with Gasteiger partial charge < -0.3 is 15.0 Å². The van der Waals surface area contributed by atoms with Gasteiger partial charge in [-0.2, -0.15) is 0 Å². The molecule has 0 bridgehead atoms. The lowest BCUT2D eigenvalue weighted by Crippen LogP contribution is -2.32. The number of aromatic nitrogens is 1. The highest BCUT2D eigenvalue weighted by molar-refractivity contribution is 7.13. The molecule has 5 nitrogen and oxygen atoms in total. The Kier molecular flexibility index (Phi) is 5.22. The normalized spacial score (nSPS) is 19.7. The standard InChI is InChI=1S/C15H25N3O2S/c1-5-20-13(19)15(2,3)12-10-21-14(17-12)16-9-11-7-6-8-18(11)4/h10-11H,5-9H2,1-4H3,(H,16,17). The second-order valence-corrected chi connectivity index (χ2v) is 6.90. The molecule has 1 aliphatic heterocycles. The highest BCUT2D eigenvalue weighted by Gasteiger charge is 2.34. The number of carbonyl (C=O) groups excluding carboxylic acids is 1. The summed E-state index contributed by atoms with van der Waals surface area (Å²) >= 11 is 1.55. The van der Waals surface area contributed by atoms with E-state index in [-0.39, 0.29) is 5.97 Å². The molecule has 0 amide bonds. The number of carbonyl (C=O) groups is 1. The summed E-state index contributed by atoms with van der Waals surface area (Å²) in [6.45, 7) is 8.00. The number of nitrogens with zero attached hydrogens (tertiary/aromatic N) is 2. The van der Waals surface area contributed by atoms with Crippen LogP contribution in [0, 0.1) is 0 Å². The summed E-state index contributed by atoms with van der Waals surface area (Å²) in [7, 11) is 2.16. The highest BCUT2D eigenvalue weighted by Crippen LogP contribution is 2.28. The fourth-order valence-electron chi connectivity index (χ4n) is 2.50. The Balaban J connectivity index is 1.96. The summed E-state index contributed by atoms with van der Waals surface area (Å²) in [6.07, 6.45) is 2.50. The van der Waals surface area contributed by atoms with Crippen LogP contribution < -0.4 is 5.32 Å². The second kappa shape index (κ2) is 6.75. The minimum absolute atomic E-state index is 0.225. The van der Waals surface area contributed by atoms with Gasteiger partial charge in [0.05, 0.1) is 12.3 Å².